The molecule has 0 atom stereocenters. The predicted octanol–water partition coefficient (Wildman–Crippen LogP) is 0.422. The van der Waals surface area contributed by atoms with E-state index >= 15 is 0 Å². The number of nitrogens with zero attached hydrogens (tertiary/aromatic N) is 1. The van der Waals surface area contributed by atoms with Crippen LogP contribution in [0.15, 0.2) is 29.2 Å². The van der Waals surface area contributed by atoms with Crippen molar-refractivity contribution in [1.82, 2.24) is 4.31 Å². The molecule has 0 unspecified atom stereocenters. The van der Waals surface area contributed by atoms with Gasteiger partial charge in [0.15, 0.2) is 0 Å². The van der Waals surface area contributed by atoms with Crippen molar-refractivity contribution in [3.63, 3.8) is 0 Å². The average Bonchev–Trinajstić information content (AvgIpc) is 2.42. The van der Waals surface area contributed by atoms with Gasteiger partial charge in [-0.3, -0.25) is 0 Å². The lowest BCUT2D eigenvalue weighted by Crippen LogP contribution is -2.38. The van der Waals surface area contributed by atoms with Gasteiger partial charge in [0.25, 0.3) is 0 Å². The lowest BCUT2D eigenvalue weighted by molar-refractivity contribution is 0.236. The molecule has 20 heavy (non-hydrogen) atoms. The molecule has 2 N–H and O–H groups in total. The fourth-order valence-corrected chi connectivity index (χ4v) is 3.44. The van der Waals surface area contributed by atoms with Gasteiger partial charge in [-0.25, -0.2) is 8.42 Å². The SMILES string of the molecule is CC(C)N(CCO)S(=O)(=O)c1cccc(C#CCO)c1. The average molecular weight is 297 g/mol. The van der Waals surface area contributed by atoms with Gasteiger partial charge in [-0.05, 0) is 32.0 Å². The summed E-state index contributed by atoms with van der Waals surface area (Å²) in [5.41, 5.74) is 0.521. The van der Waals surface area contributed by atoms with E-state index in [-0.39, 0.29) is 30.7 Å². The first-order valence-corrected chi connectivity index (χ1v) is 7.70. The van der Waals surface area contributed by atoms with Crippen molar-refractivity contribution in [3.8, 4) is 11.8 Å². The van der Waals surface area contributed by atoms with Crippen LogP contribution in [0.4, 0.5) is 0 Å². The molecule has 0 saturated carbocycles. The molecular weight excluding hydrogens is 278 g/mol. The molecule has 0 fully saturated rings. The Hall–Kier alpha value is -1.39. The minimum absolute atomic E-state index is 0.0482. The molecule has 0 aromatic heterocycles. The molecule has 1 rings (SSSR count). The Bertz CT molecular complexity index is 599. The molecule has 0 spiro atoms. The Kier molecular flexibility index (Phi) is 6.17. The monoisotopic (exact) mass is 297 g/mol. The highest BCUT2D eigenvalue weighted by atomic mass is 32.2. The van der Waals surface area contributed by atoms with Crippen molar-refractivity contribution >= 4 is 10.0 Å². The summed E-state index contributed by atoms with van der Waals surface area (Å²) in [6.07, 6.45) is 0. The maximum Gasteiger partial charge on any atom is 0.243 e. The van der Waals surface area contributed by atoms with Crippen LogP contribution in [-0.4, -0.2) is 48.7 Å². The maximum absolute atomic E-state index is 12.5. The lowest BCUT2D eigenvalue weighted by Gasteiger charge is -2.25. The fourth-order valence-electron chi connectivity index (χ4n) is 1.77. The van der Waals surface area contributed by atoms with Gasteiger partial charge in [0.1, 0.15) is 6.61 Å². The first-order valence-electron chi connectivity index (χ1n) is 6.26. The number of sulfonamides is 1. The normalized spacial score (nSPS) is 11.5. The van der Waals surface area contributed by atoms with Crippen LogP contribution in [-0.2, 0) is 10.0 Å². The van der Waals surface area contributed by atoms with Crippen molar-refractivity contribution in [2.24, 2.45) is 0 Å². The van der Waals surface area contributed by atoms with E-state index in [2.05, 4.69) is 11.8 Å². The zero-order valence-corrected chi connectivity index (χ0v) is 12.4. The molecule has 0 radical (unpaired) electrons. The molecule has 0 bridgehead atoms. The van der Waals surface area contributed by atoms with Crippen LogP contribution >= 0.6 is 0 Å². The second-order valence-electron chi connectivity index (χ2n) is 4.42. The predicted molar refractivity (Wildman–Crippen MR) is 76.5 cm³/mol. The summed E-state index contributed by atoms with van der Waals surface area (Å²) in [5.74, 6) is 5.15. The topological polar surface area (TPSA) is 77.8 Å². The van der Waals surface area contributed by atoms with Crippen LogP contribution < -0.4 is 0 Å². The number of hydrogen-bond acceptors (Lipinski definition) is 4. The summed E-state index contributed by atoms with van der Waals surface area (Å²) in [7, 11) is -3.67. The number of hydrogen-bond donors (Lipinski definition) is 2. The van der Waals surface area contributed by atoms with Crippen molar-refractivity contribution in [3.05, 3.63) is 29.8 Å². The lowest BCUT2D eigenvalue weighted by atomic mass is 10.2. The third-order valence-electron chi connectivity index (χ3n) is 2.65. The minimum Gasteiger partial charge on any atom is -0.395 e. The van der Waals surface area contributed by atoms with Gasteiger partial charge in [0.05, 0.1) is 11.5 Å². The Morgan fingerprint density at radius 2 is 2.00 bits per heavy atom. The Balaban J connectivity index is 3.20. The van der Waals surface area contributed by atoms with E-state index in [1.54, 1.807) is 26.0 Å². The first kappa shape index (κ1) is 16.7. The molecule has 0 aliphatic rings. The summed E-state index contributed by atoms with van der Waals surface area (Å²) in [6, 6.07) is 5.98. The molecule has 0 heterocycles. The third-order valence-corrected chi connectivity index (χ3v) is 4.72. The highest BCUT2D eigenvalue weighted by Crippen LogP contribution is 2.18. The summed E-state index contributed by atoms with van der Waals surface area (Å²) >= 11 is 0. The maximum atomic E-state index is 12.5. The Labute approximate surface area is 119 Å². The molecule has 6 heteroatoms. The van der Waals surface area contributed by atoms with Gasteiger partial charge >= 0.3 is 0 Å². The van der Waals surface area contributed by atoms with Crippen LogP contribution in [0.25, 0.3) is 0 Å². The molecule has 0 aliphatic heterocycles. The van der Waals surface area contributed by atoms with Gasteiger partial charge in [-0.1, -0.05) is 17.9 Å². The molecule has 1 aromatic carbocycles. The standard InChI is InChI=1S/C14H19NO4S/c1-12(2)15(8-10-17)20(18,19)14-7-3-5-13(11-14)6-4-9-16/h3,5,7,11-12,16-17H,8-10H2,1-2H3. The zero-order valence-electron chi connectivity index (χ0n) is 11.6. The number of aliphatic hydroxyl groups excluding tert-OH is 2. The summed E-state index contributed by atoms with van der Waals surface area (Å²) in [4.78, 5) is 0.129. The second kappa shape index (κ2) is 7.41. The van der Waals surface area contributed by atoms with Crippen molar-refractivity contribution < 1.29 is 18.6 Å². The summed E-state index contributed by atoms with van der Waals surface area (Å²) < 4.78 is 26.3. The van der Waals surface area contributed by atoms with Crippen LogP contribution in [0.5, 0.6) is 0 Å². The first-order chi connectivity index (χ1) is 9.43. The molecule has 0 saturated heterocycles. The Morgan fingerprint density at radius 3 is 2.55 bits per heavy atom. The van der Waals surface area contributed by atoms with Gasteiger partial charge in [-0.15, -0.1) is 0 Å². The van der Waals surface area contributed by atoms with Crippen LogP contribution in [0, 0.1) is 11.8 Å². The van der Waals surface area contributed by atoms with E-state index in [1.807, 2.05) is 0 Å². The fraction of sp³-hybridized carbons (Fsp3) is 0.429. The zero-order chi connectivity index (χ0) is 15.2. The quantitative estimate of drug-likeness (QED) is 0.772. The van der Waals surface area contributed by atoms with Gasteiger partial charge in [-0.2, -0.15) is 4.31 Å². The van der Waals surface area contributed by atoms with Gasteiger partial charge < -0.3 is 10.2 Å². The third kappa shape index (κ3) is 4.05. The largest absolute Gasteiger partial charge is 0.395 e. The van der Waals surface area contributed by atoms with Crippen molar-refractivity contribution in [2.75, 3.05) is 19.8 Å². The van der Waals surface area contributed by atoms with E-state index < -0.39 is 10.0 Å². The second-order valence-corrected chi connectivity index (χ2v) is 6.31. The highest BCUT2D eigenvalue weighted by Gasteiger charge is 2.26. The number of rotatable bonds is 5. The van der Waals surface area contributed by atoms with Crippen molar-refractivity contribution in [2.45, 2.75) is 24.8 Å². The molecule has 0 amide bonds. The van der Waals surface area contributed by atoms with E-state index in [1.165, 1.54) is 16.4 Å². The molecule has 110 valence electrons. The van der Waals surface area contributed by atoms with E-state index in [9.17, 15) is 8.42 Å². The molecule has 5 nitrogen and oxygen atoms in total. The Morgan fingerprint density at radius 1 is 1.30 bits per heavy atom. The van der Waals surface area contributed by atoms with Gasteiger partial charge in [0.2, 0.25) is 10.0 Å². The van der Waals surface area contributed by atoms with E-state index in [0.29, 0.717) is 5.56 Å². The summed E-state index contributed by atoms with van der Waals surface area (Å²) in [6.45, 7) is 3.04. The minimum atomic E-state index is -3.67. The smallest absolute Gasteiger partial charge is 0.243 e. The highest BCUT2D eigenvalue weighted by molar-refractivity contribution is 7.89. The number of benzene rings is 1. The van der Waals surface area contributed by atoms with Crippen LogP contribution in [0.3, 0.4) is 0 Å². The van der Waals surface area contributed by atoms with E-state index in [0.717, 1.165) is 0 Å². The van der Waals surface area contributed by atoms with Gasteiger partial charge in [0, 0.05) is 18.2 Å². The molecule has 0 aliphatic carbocycles. The van der Waals surface area contributed by atoms with E-state index in [4.69, 9.17) is 10.2 Å². The van der Waals surface area contributed by atoms with Crippen molar-refractivity contribution in [1.29, 1.82) is 0 Å². The number of aliphatic hydroxyl groups is 2. The van der Waals surface area contributed by atoms with Crippen LogP contribution in [0.2, 0.25) is 0 Å². The van der Waals surface area contributed by atoms with Crippen LogP contribution in [0.1, 0.15) is 19.4 Å². The molecular formula is C14H19NO4S. The molecule has 1 aromatic rings. The summed E-state index contributed by atoms with van der Waals surface area (Å²) in [5, 5.41) is 17.7.